The van der Waals surface area contributed by atoms with Gasteiger partial charge >= 0.3 is 0 Å². The lowest BCUT2D eigenvalue weighted by molar-refractivity contribution is 0.193. The summed E-state index contributed by atoms with van der Waals surface area (Å²) in [5.74, 6) is 0.677. The molecule has 0 aromatic rings. The van der Waals surface area contributed by atoms with E-state index in [1.54, 1.807) is 0 Å². The Bertz CT molecular complexity index is 149. The van der Waals surface area contributed by atoms with E-state index < -0.39 is 0 Å². The molecule has 1 rings (SSSR count). The van der Waals surface area contributed by atoms with Gasteiger partial charge in [-0.3, -0.25) is 0 Å². The minimum absolute atomic E-state index is 0.185. The molecule has 0 saturated heterocycles. The van der Waals surface area contributed by atoms with Gasteiger partial charge in [0.1, 0.15) is 0 Å². The first-order valence-electron chi connectivity index (χ1n) is 4.30. The van der Waals surface area contributed by atoms with Crippen molar-refractivity contribution in [3.05, 3.63) is 24.8 Å². The van der Waals surface area contributed by atoms with Gasteiger partial charge in [-0.05, 0) is 31.6 Å². The van der Waals surface area contributed by atoms with Crippen LogP contribution in [0.15, 0.2) is 24.8 Å². The third-order valence-electron chi connectivity index (χ3n) is 2.18. The predicted octanol–water partition coefficient (Wildman–Crippen LogP) is 2.28. The van der Waals surface area contributed by atoms with Gasteiger partial charge in [0.15, 0.2) is 0 Å². The van der Waals surface area contributed by atoms with Crippen LogP contribution in [0, 0.1) is 5.92 Å². The molecule has 0 amide bonds. The first-order chi connectivity index (χ1) is 5.33. The highest BCUT2D eigenvalue weighted by Gasteiger charge is 2.11. The first-order valence-corrected chi connectivity index (χ1v) is 4.30. The van der Waals surface area contributed by atoms with Crippen LogP contribution in [0.1, 0.15) is 25.7 Å². The van der Waals surface area contributed by atoms with Gasteiger partial charge in [0.25, 0.3) is 0 Å². The summed E-state index contributed by atoms with van der Waals surface area (Å²) in [5, 5.41) is 9.15. The maximum absolute atomic E-state index is 9.15. The summed E-state index contributed by atoms with van der Waals surface area (Å²) in [6.45, 7) is 3.69. The zero-order valence-corrected chi connectivity index (χ0v) is 6.87. The molecule has 1 nitrogen and oxygen atoms in total. The van der Waals surface area contributed by atoms with Crippen molar-refractivity contribution in [2.24, 2.45) is 5.92 Å². The van der Waals surface area contributed by atoms with Crippen molar-refractivity contribution in [3.8, 4) is 0 Å². The van der Waals surface area contributed by atoms with Gasteiger partial charge in [0.2, 0.25) is 0 Å². The molecular weight excluding hydrogens is 136 g/mol. The van der Waals surface area contributed by atoms with Crippen molar-refractivity contribution in [1.82, 2.24) is 0 Å². The predicted molar refractivity (Wildman–Crippen MR) is 47.3 cm³/mol. The highest BCUT2D eigenvalue weighted by molar-refractivity contribution is 4.98. The van der Waals surface area contributed by atoms with Crippen LogP contribution in [0.25, 0.3) is 0 Å². The fraction of sp³-hybridized carbons (Fsp3) is 0.600. The average molecular weight is 152 g/mol. The van der Waals surface area contributed by atoms with E-state index in [2.05, 4.69) is 12.7 Å². The van der Waals surface area contributed by atoms with E-state index in [0.29, 0.717) is 5.92 Å². The van der Waals surface area contributed by atoms with Crippen molar-refractivity contribution in [2.75, 3.05) is 0 Å². The second-order valence-electron chi connectivity index (χ2n) is 3.16. The highest BCUT2D eigenvalue weighted by Crippen LogP contribution is 2.21. The number of hydrogen-bond donors (Lipinski definition) is 1. The Kier molecular flexibility index (Phi) is 3.37. The standard InChI is InChI=1S/C10H16O/c1-2-3-4-9-5-7-10(11)8-6-9/h2,5,7,9-11H,1,3-4,6,8H2. The molecule has 1 aliphatic rings. The van der Waals surface area contributed by atoms with Crippen molar-refractivity contribution in [1.29, 1.82) is 0 Å². The molecule has 1 aliphatic carbocycles. The molecule has 62 valence electrons. The molecule has 0 fully saturated rings. The van der Waals surface area contributed by atoms with Crippen LogP contribution < -0.4 is 0 Å². The molecule has 11 heavy (non-hydrogen) atoms. The summed E-state index contributed by atoms with van der Waals surface area (Å²) in [4.78, 5) is 0. The molecule has 1 N–H and O–H groups in total. The summed E-state index contributed by atoms with van der Waals surface area (Å²) in [6.07, 6.45) is 10.2. The van der Waals surface area contributed by atoms with Gasteiger partial charge in [-0.2, -0.15) is 0 Å². The molecular formula is C10H16O. The van der Waals surface area contributed by atoms with Crippen molar-refractivity contribution >= 4 is 0 Å². The molecule has 2 atom stereocenters. The maximum Gasteiger partial charge on any atom is 0.0721 e. The second kappa shape index (κ2) is 4.35. The molecule has 0 heterocycles. The number of hydrogen-bond acceptors (Lipinski definition) is 1. The third kappa shape index (κ3) is 2.89. The van der Waals surface area contributed by atoms with Crippen molar-refractivity contribution in [3.63, 3.8) is 0 Å². The fourth-order valence-corrected chi connectivity index (χ4v) is 1.44. The van der Waals surface area contributed by atoms with Gasteiger partial charge in [-0.25, -0.2) is 0 Å². The quantitative estimate of drug-likeness (QED) is 0.615. The van der Waals surface area contributed by atoms with Crippen LogP contribution in [0.5, 0.6) is 0 Å². The molecule has 0 aliphatic heterocycles. The lowest BCUT2D eigenvalue weighted by Crippen LogP contribution is -2.11. The lowest BCUT2D eigenvalue weighted by atomic mass is 9.91. The summed E-state index contributed by atoms with van der Waals surface area (Å²) in [5.41, 5.74) is 0. The van der Waals surface area contributed by atoms with E-state index in [1.165, 1.54) is 6.42 Å². The number of aliphatic hydroxyl groups excluding tert-OH is 1. The van der Waals surface area contributed by atoms with Gasteiger partial charge < -0.3 is 5.11 Å². The van der Waals surface area contributed by atoms with Gasteiger partial charge in [0.05, 0.1) is 6.10 Å². The number of rotatable bonds is 3. The molecule has 0 saturated carbocycles. The molecule has 1 heteroatoms. The van der Waals surface area contributed by atoms with Crippen molar-refractivity contribution in [2.45, 2.75) is 31.8 Å². The summed E-state index contributed by atoms with van der Waals surface area (Å²) >= 11 is 0. The molecule has 0 aromatic heterocycles. The lowest BCUT2D eigenvalue weighted by Gasteiger charge is -2.18. The largest absolute Gasteiger partial charge is 0.389 e. The number of allylic oxidation sites excluding steroid dienone is 2. The third-order valence-corrected chi connectivity index (χ3v) is 2.18. The molecule has 0 aromatic carbocycles. The minimum atomic E-state index is -0.185. The van der Waals surface area contributed by atoms with E-state index in [1.807, 2.05) is 12.2 Å². The Balaban J connectivity index is 2.26. The van der Waals surface area contributed by atoms with Gasteiger partial charge in [0, 0.05) is 0 Å². The minimum Gasteiger partial charge on any atom is -0.389 e. The van der Waals surface area contributed by atoms with E-state index in [-0.39, 0.29) is 6.10 Å². The average Bonchev–Trinajstić information content (AvgIpc) is 2.04. The van der Waals surface area contributed by atoms with Crippen molar-refractivity contribution < 1.29 is 5.11 Å². The van der Waals surface area contributed by atoms with E-state index in [9.17, 15) is 0 Å². The maximum atomic E-state index is 9.15. The highest BCUT2D eigenvalue weighted by atomic mass is 16.3. The topological polar surface area (TPSA) is 20.2 Å². The summed E-state index contributed by atoms with van der Waals surface area (Å²) < 4.78 is 0. The van der Waals surface area contributed by atoms with E-state index in [4.69, 9.17) is 5.11 Å². The van der Waals surface area contributed by atoms with Crippen LogP contribution in [-0.2, 0) is 0 Å². The van der Waals surface area contributed by atoms with Crippen LogP contribution in [0.3, 0.4) is 0 Å². The smallest absolute Gasteiger partial charge is 0.0721 e. The second-order valence-corrected chi connectivity index (χ2v) is 3.16. The Hall–Kier alpha value is -0.560. The summed E-state index contributed by atoms with van der Waals surface area (Å²) in [6, 6.07) is 0. The van der Waals surface area contributed by atoms with Crippen LogP contribution in [-0.4, -0.2) is 11.2 Å². The van der Waals surface area contributed by atoms with Crippen LogP contribution in [0.4, 0.5) is 0 Å². The first kappa shape index (κ1) is 8.54. The Morgan fingerprint density at radius 3 is 2.82 bits per heavy atom. The fourth-order valence-electron chi connectivity index (χ4n) is 1.44. The van der Waals surface area contributed by atoms with Gasteiger partial charge in [-0.15, -0.1) is 6.58 Å². The van der Waals surface area contributed by atoms with Crippen LogP contribution in [0.2, 0.25) is 0 Å². The molecule has 0 radical (unpaired) electrons. The Labute approximate surface area is 68.4 Å². The van der Waals surface area contributed by atoms with E-state index >= 15 is 0 Å². The Morgan fingerprint density at radius 2 is 2.27 bits per heavy atom. The van der Waals surface area contributed by atoms with E-state index in [0.717, 1.165) is 19.3 Å². The zero-order valence-electron chi connectivity index (χ0n) is 6.87. The van der Waals surface area contributed by atoms with Gasteiger partial charge in [-0.1, -0.05) is 18.2 Å². The molecule has 0 bridgehead atoms. The zero-order chi connectivity index (χ0) is 8.10. The van der Waals surface area contributed by atoms with Crippen LogP contribution >= 0.6 is 0 Å². The Morgan fingerprint density at radius 1 is 1.45 bits per heavy atom. The number of aliphatic hydroxyl groups is 1. The SMILES string of the molecule is C=CCCC1C=CC(O)CC1. The normalized spacial score (nSPS) is 30.3. The monoisotopic (exact) mass is 152 g/mol. The molecule has 2 unspecified atom stereocenters. The summed E-state index contributed by atoms with van der Waals surface area (Å²) in [7, 11) is 0. The molecule has 0 spiro atoms.